The van der Waals surface area contributed by atoms with Crippen LogP contribution in [0.2, 0.25) is 0 Å². The van der Waals surface area contributed by atoms with Crippen molar-refractivity contribution in [3.63, 3.8) is 0 Å². The maximum absolute atomic E-state index is 14.0. The first kappa shape index (κ1) is 30.0. The number of hydrogen-bond acceptors (Lipinski definition) is 6. The molecule has 0 aliphatic rings. The van der Waals surface area contributed by atoms with E-state index in [1.54, 1.807) is 52.1 Å². The molecule has 9 heteroatoms. The molecule has 0 aliphatic carbocycles. The van der Waals surface area contributed by atoms with Crippen molar-refractivity contribution in [1.29, 1.82) is 0 Å². The number of carbonyl (C=O) groups is 3. The summed E-state index contributed by atoms with van der Waals surface area (Å²) in [6.45, 7) is 12.7. The molecule has 37 heavy (non-hydrogen) atoms. The van der Waals surface area contributed by atoms with E-state index in [1.165, 1.54) is 4.90 Å². The number of nitrogens with zero attached hydrogens (tertiary/aromatic N) is 1. The van der Waals surface area contributed by atoms with E-state index in [0.29, 0.717) is 17.0 Å². The molecular formula is C28H39N3O5S. The van der Waals surface area contributed by atoms with Gasteiger partial charge in [-0.2, -0.15) is 12.6 Å². The number of benzene rings is 2. The van der Waals surface area contributed by atoms with Crippen molar-refractivity contribution in [2.75, 3.05) is 18.2 Å². The SMILES string of the molecule is COc1ccc(NC(=O)C(c2cccc(C)c2)N(C(=O)C(CS)NC(=O)OC(C)(C)C)C(C)(C)C)cc1. The topological polar surface area (TPSA) is 97.0 Å². The van der Waals surface area contributed by atoms with Crippen molar-refractivity contribution in [1.82, 2.24) is 10.2 Å². The predicted octanol–water partition coefficient (Wildman–Crippen LogP) is 5.13. The molecule has 8 nitrogen and oxygen atoms in total. The third-order valence-electron chi connectivity index (χ3n) is 5.35. The molecule has 0 aliphatic heterocycles. The molecule has 0 radical (unpaired) electrons. The summed E-state index contributed by atoms with van der Waals surface area (Å²) in [6, 6.07) is 12.4. The number of rotatable bonds is 8. The van der Waals surface area contributed by atoms with Crippen LogP contribution in [0.4, 0.5) is 10.5 Å². The van der Waals surface area contributed by atoms with E-state index in [0.717, 1.165) is 5.56 Å². The van der Waals surface area contributed by atoms with Gasteiger partial charge >= 0.3 is 6.09 Å². The van der Waals surface area contributed by atoms with Crippen molar-refractivity contribution in [2.24, 2.45) is 0 Å². The molecule has 3 amide bonds. The van der Waals surface area contributed by atoms with E-state index in [1.807, 2.05) is 52.0 Å². The number of methoxy groups -OCH3 is 1. The number of ether oxygens (including phenoxy) is 2. The van der Waals surface area contributed by atoms with Crippen molar-refractivity contribution < 1.29 is 23.9 Å². The molecular weight excluding hydrogens is 490 g/mol. The van der Waals surface area contributed by atoms with Crippen LogP contribution in [0.5, 0.6) is 5.75 Å². The van der Waals surface area contributed by atoms with E-state index in [-0.39, 0.29) is 5.75 Å². The van der Waals surface area contributed by atoms with Gasteiger partial charge in [0.05, 0.1) is 7.11 Å². The molecule has 2 aromatic carbocycles. The minimum atomic E-state index is -1.02. The Balaban J connectivity index is 2.51. The van der Waals surface area contributed by atoms with Crippen LogP contribution < -0.4 is 15.4 Å². The largest absolute Gasteiger partial charge is 0.497 e. The van der Waals surface area contributed by atoms with Crippen molar-refractivity contribution in [2.45, 2.75) is 71.7 Å². The third-order valence-corrected chi connectivity index (χ3v) is 5.72. The fraction of sp³-hybridized carbons (Fsp3) is 0.464. The number of carbonyl (C=O) groups excluding carboxylic acids is 3. The molecule has 2 unspecified atom stereocenters. The minimum Gasteiger partial charge on any atom is -0.497 e. The lowest BCUT2D eigenvalue weighted by Gasteiger charge is -2.43. The highest BCUT2D eigenvalue weighted by Crippen LogP contribution is 2.32. The van der Waals surface area contributed by atoms with Crippen LogP contribution in [-0.2, 0) is 14.3 Å². The zero-order chi connectivity index (χ0) is 28.0. The Kier molecular flexibility index (Phi) is 10.0. The molecule has 0 heterocycles. The molecule has 0 aromatic heterocycles. The van der Waals surface area contributed by atoms with Gasteiger partial charge in [-0.1, -0.05) is 29.8 Å². The first-order chi connectivity index (χ1) is 17.2. The van der Waals surface area contributed by atoms with Gasteiger partial charge in [0, 0.05) is 17.0 Å². The van der Waals surface area contributed by atoms with Crippen LogP contribution >= 0.6 is 12.6 Å². The van der Waals surface area contributed by atoms with Crippen LogP contribution in [0.3, 0.4) is 0 Å². The molecule has 0 saturated carbocycles. The Morgan fingerprint density at radius 2 is 1.62 bits per heavy atom. The van der Waals surface area contributed by atoms with Crippen LogP contribution in [0.1, 0.15) is 58.7 Å². The Hall–Kier alpha value is -3.20. The van der Waals surface area contributed by atoms with Gasteiger partial charge in [-0.25, -0.2) is 4.79 Å². The second-order valence-corrected chi connectivity index (χ2v) is 11.2. The highest BCUT2D eigenvalue weighted by atomic mass is 32.1. The molecule has 2 N–H and O–H groups in total. The van der Waals surface area contributed by atoms with Gasteiger partial charge in [0.2, 0.25) is 5.91 Å². The molecule has 202 valence electrons. The zero-order valence-corrected chi connectivity index (χ0v) is 23.8. The second-order valence-electron chi connectivity index (χ2n) is 10.8. The lowest BCUT2D eigenvalue weighted by molar-refractivity contribution is -0.146. The molecule has 0 saturated heterocycles. The van der Waals surface area contributed by atoms with E-state index in [2.05, 4.69) is 23.3 Å². The van der Waals surface area contributed by atoms with E-state index < -0.39 is 41.1 Å². The van der Waals surface area contributed by atoms with Crippen LogP contribution in [0.15, 0.2) is 48.5 Å². The number of amides is 3. The number of aryl methyl sites for hydroxylation is 1. The summed E-state index contributed by atoms with van der Waals surface area (Å²) in [5.74, 6) is -0.172. The highest BCUT2D eigenvalue weighted by molar-refractivity contribution is 7.80. The average Bonchev–Trinajstić information content (AvgIpc) is 2.79. The number of hydrogen-bond donors (Lipinski definition) is 3. The molecule has 2 rings (SSSR count). The maximum Gasteiger partial charge on any atom is 0.408 e. The predicted molar refractivity (Wildman–Crippen MR) is 149 cm³/mol. The molecule has 2 aromatic rings. The molecule has 0 spiro atoms. The Morgan fingerprint density at radius 3 is 2.11 bits per heavy atom. The highest BCUT2D eigenvalue weighted by Gasteiger charge is 2.41. The van der Waals surface area contributed by atoms with Gasteiger partial charge in [-0.3, -0.25) is 9.59 Å². The van der Waals surface area contributed by atoms with Gasteiger partial charge < -0.3 is 25.0 Å². The normalized spacial score (nSPS) is 13.2. The molecule has 2 atom stereocenters. The Bertz CT molecular complexity index is 1090. The smallest absolute Gasteiger partial charge is 0.408 e. The molecule has 0 bridgehead atoms. The van der Waals surface area contributed by atoms with Gasteiger partial charge in [0.15, 0.2) is 0 Å². The summed E-state index contributed by atoms with van der Waals surface area (Å²) in [4.78, 5) is 41.8. The van der Waals surface area contributed by atoms with Gasteiger partial charge in [-0.05, 0) is 78.3 Å². The second kappa shape index (κ2) is 12.4. The third kappa shape index (κ3) is 8.70. The Labute approximate surface area is 225 Å². The summed E-state index contributed by atoms with van der Waals surface area (Å²) < 4.78 is 10.5. The lowest BCUT2D eigenvalue weighted by Crippen LogP contribution is -2.58. The number of thiol groups is 1. The number of anilines is 1. The van der Waals surface area contributed by atoms with Crippen LogP contribution in [0.25, 0.3) is 0 Å². The van der Waals surface area contributed by atoms with E-state index in [9.17, 15) is 14.4 Å². The van der Waals surface area contributed by atoms with Crippen molar-refractivity contribution in [3.8, 4) is 5.75 Å². The zero-order valence-electron chi connectivity index (χ0n) is 22.9. The van der Waals surface area contributed by atoms with Crippen molar-refractivity contribution in [3.05, 3.63) is 59.7 Å². The van der Waals surface area contributed by atoms with Crippen LogP contribution in [-0.4, -0.2) is 52.9 Å². The van der Waals surface area contributed by atoms with E-state index >= 15 is 0 Å². The summed E-state index contributed by atoms with van der Waals surface area (Å²) in [5, 5.41) is 5.55. The standard InChI is InChI=1S/C28H39N3O5S/c1-18-10-9-11-19(16-18)23(24(32)29-20-12-14-21(35-8)15-13-20)31(27(2,3)4)25(33)22(17-37)30-26(34)36-28(5,6)7/h9-16,22-23,37H,17H2,1-8H3,(H,29,32)(H,30,34). The first-order valence-corrected chi connectivity index (χ1v) is 12.7. The minimum absolute atomic E-state index is 0.0191. The van der Waals surface area contributed by atoms with Gasteiger partial charge in [0.1, 0.15) is 23.4 Å². The first-order valence-electron chi connectivity index (χ1n) is 12.1. The maximum atomic E-state index is 14.0. The fourth-order valence-corrected chi connectivity index (χ4v) is 4.04. The van der Waals surface area contributed by atoms with Gasteiger partial charge in [-0.15, -0.1) is 0 Å². The summed E-state index contributed by atoms with van der Waals surface area (Å²) in [7, 11) is 1.57. The lowest BCUT2D eigenvalue weighted by atomic mass is 9.94. The fourth-order valence-electron chi connectivity index (χ4n) is 3.79. The summed E-state index contributed by atoms with van der Waals surface area (Å²) in [5.41, 5.74) is 0.616. The average molecular weight is 530 g/mol. The van der Waals surface area contributed by atoms with Crippen LogP contribution in [0, 0.1) is 6.92 Å². The van der Waals surface area contributed by atoms with Crippen molar-refractivity contribution >= 4 is 36.2 Å². The Morgan fingerprint density at radius 1 is 1.00 bits per heavy atom. The monoisotopic (exact) mass is 529 g/mol. The summed E-state index contributed by atoms with van der Waals surface area (Å²) in [6.07, 6.45) is -0.733. The number of alkyl carbamates (subject to hydrolysis) is 1. The van der Waals surface area contributed by atoms with Gasteiger partial charge in [0.25, 0.3) is 5.91 Å². The molecule has 0 fully saturated rings. The summed E-state index contributed by atoms with van der Waals surface area (Å²) >= 11 is 4.32. The quantitative estimate of drug-likeness (QED) is 0.412. The number of nitrogens with one attached hydrogen (secondary N) is 2. The van der Waals surface area contributed by atoms with E-state index in [4.69, 9.17) is 9.47 Å².